The van der Waals surface area contributed by atoms with Gasteiger partial charge < -0.3 is 19.7 Å². The van der Waals surface area contributed by atoms with E-state index in [4.69, 9.17) is 21.1 Å². The summed E-state index contributed by atoms with van der Waals surface area (Å²) >= 11 is 5.99. The maximum atomic E-state index is 14.0. The van der Waals surface area contributed by atoms with Crippen LogP contribution in [0.1, 0.15) is 33.6 Å². The largest absolute Gasteiger partial charge is 0.493 e. The van der Waals surface area contributed by atoms with Gasteiger partial charge in [0.15, 0.2) is 11.5 Å². The van der Waals surface area contributed by atoms with E-state index in [0.29, 0.717) is 43.0 Å². The van der Waals surface area contributed by atoms with Gasteiger partial charge in [0.2, 0.25) is 0 Å². The number of halogens is 2. The fourth-order valence-corrected chi connectivity index (χ4v) is 3.58. The average Bonchev–Trinajstić information content (AvgIpc) is 2.73. The van der Waals surface area contributed by atoms with E-state index in [0.717, 1.165) is 0 Å². The van der Waals surface area contributed by atoms with Crippen molar-refractivity contribution in [3.8, 4) is 11.5 Å². The Labute approximate surface area is 173 Å². The summed E-state index contributed by atoms with van der Waals surface area (Å²) in [6, 6.07) is 9.04. The molecule has 2 aromatic rings. The highest BCUT2D eigenvalue weighted by atomic mass is 35.5. The smallest absolute Gasteiger partial charge is 0.258 e. The number of nitrogens with zero attached hydrogens (tertiary/aromatic N) is 1. The Morgan fingerprint density at radius 2 is 1.79 bits per heavy atom. The first-order chi connectivity index (χ1) is 13.9. The second-order valence-electron chi connectivity index (χ2n) is 6.71. The summed E-state index contributed by atoms with van der Waals surface area (Å²) in [7, 11) is 3.04. The predicted octanol–water partition coefficient (Wildman–Crippen LogP) is 3.53. The monoisotopic (exact) mass is 420 g/mol. The van der Waals surface area contributed by atoms with Crippen LogP contribution in [0, 0.1) is 5.82 Å². The molecule has 0 unspecified atom stereocenters. The van der Waals surface area contributed by atoms with E-state index >= 15 is 0 Å². The molecule has 1 N–H and O–H groups in total. The highest BCUT2D eigenvalue weighted by molar-refractivity contribution is 6.33. The lowest BCUT2D eigenvalue weighted by Gasteiger charge is -2.32. The minimum atomic E-state index is -0.633. The average molecular weight is 421 g/mol. The van der Waals surface area contributed by atoms with Gasteiger partial charge in [0, 0.05) is 24.7 Å². The van der Waals surface area contributed by atoms with Crippen LogP contribution < -0.4 is 14.8 Å². The number of hydrogen-bond acceptors (Lipinski definition) is 4. The third-order valence-electron chi connectivity index (χ3n) is 4.94. The van der Waals surface area contributed by atoms with Crippen molar-refractivity contribution in [2.45, 2.75) is 18.9 Å². The van der Waals surface area contributed by atoms with Gasteiger partial charge in [0.05, 0.1) is 24.8 Å². The van der Waals surface area contributed by atoms with Gasteiger partial charge in [-0.2, -0.15) is 0 Å². The van der Waals surface area contributed by atoms with E-state index in [2.05, 4.69) is 5.32 Å². The van der Waals surface area contributed by atoms with Crippen LogP contribution in [0.25, 0.3) is 0 Å². The number of ether oxygens (including phenoxy) is 2. The van der Waals surface area contributed by atoms with Crippen LogP contribution in [-0.2, 0) is 0 Å². The maximum Gasteiger partial charge on any atom is 0.258 e. The molecule has 8 heteroatoms. The molecular weight excluding hydrogens is 399 g/mol. The molecule has 0 atom stereocenters. The van der Waals surface area contributed by atoms with Crippen LogP contribution in [0.3, 0.4) is 0 Å². The number of piperidine rings is 1. The number of likely N-dealkylation sites (tertiary alicyclic amines) is 1. The lowest BCUT2D eigenvalue weighted by atomic mass is 10.0. The third-order valence-corrected chi connectivity index (χ3v) is 5.25. The molecule has 0 radical (unpaired) electrons. The maximum absolute atomic E-state index is 14.0. The molecule has 0 aromatic heterocycles. The van der Waals surface area contributed by atoms with E-state index in [1.165, 1.54) is 32.4 Å². The van der Waals surface area contributed by atoms with Gasteiger partial charge in [-0.1, -0.05) is 17.7 Å². The van der Waals surface area contributed by atoms with Crippen molar-refractivity contribution >= 4 is 23.4 Å². The molecule has 2 amide bonds. The molecule has 0 saturated carbocycles. The molecular formula is C21H22ClFN2O4. The summed E-state index contributed by atoms with van der Waals surface area (Å²) in [5.41, 5.74) is 0.348. The predicted molar refractivity (Wildman–Crippen MR) is 107 cm³/mol. The van der Waals surface area contributed by atoms with Crippen molar-refractivity contribution in [1.29, 1.82) is 0 Å². The second-order valence-corrected chi connectivity index (χ2v) is 7.11. The first-order valence-corrected chi connectivity index (χ1v) is 9.58. The lowest BCUT2D eigenvalue weighted by molar-refractivity contribution is 0.0694. The summed E-state index contributed by atoms with van der Waals surface area (Å²) in [6.45, 7) is 0.806. The number of methoxy groups -OCH3 is 2. The number of carbonyl (C=O) groups is 2. The molecule has 2 aromatic carbocycles. The van der Waals surface area contributed by atoms with Crippen LogP contribution in [0.2, 0.25) is 5.02 Å². The Balaban J connectivity index is 1.60. The zero-order valence-electron chi connectivity index (χ0n) is 16.2. The van der Waals surface area contributed by atoms with Crippen LogP contribution in [0.5, 0.6) is 11.5 Å². The minimum Gasteiger partial charge on any atom is -0.493 e. The molecule has 0 bridgehead atoms. The van der Waals surface area contributed by atoms with Crippen molar-refractivity contribution in [3.63, 3.8) is 0 Å². The summed E-state index contributed by atoms with van der Waals surface area (Å²) in [5, 5.41) is 3.07. The molecule has 0 spiro atoms. The summed E-state index contributed by atoms with van der Waals surface area (Å²) < 4.78 is 24.4. The van der Waals surface area contributed by atoms with Gasteiger partial charge >= 0.3 is 0 Å². The Bertz CT molecular complexity index is 893. The number of rotatable bonds is 5. The highest BCUT2D eigenvalue weighted by Crippen LogP contribution is 2.28. The van der Waals surface area contributed by atoms with Crippen molar-refractivity contribution in [2.75, 3.05) is 27.3 Å². The number of amides is 2. The van der Waals surface area contributed by atoms with Crippen molar-refractivity contribution < 1.29 is 23.5 Å². The normalized spacial score (nSPS) is 14.4. The topological polar surface area (TPSA) is 67.9 Å². The van der Waals surface area contributed by atoms with Gasteiger partial charge in [0.1, 0.15) is 5.82 Å². The van der Waals surface area contributed by atoms with Gasteiger partial charge in [-0.05, 0) is 43.2 Å². The number of carbonyl (C=O) groups excluding carboxylic acids is 2. The molecule has 0 aliphatic carbocycles. The summed E-state index contributed by atoms with van der Waals surface area (Å²) in [4.78, 5) is 26.7. The first-order valence-electron chi connectivity index (χ1n) is 9.20. The van der Waals surface area contributed by atoms with Gasteiger partial charge in [-0.25, -0.2) is 4.39 Å². The van der Waals surface area contributed by atoms with Gasteiger partial charge in [0.25, 0.3) is 11.8 Å². The molecule has 1 heterocycles. The number of benzene rings is 2. The number of nitrogens with one attached hydrogen (secondary N) is 1. The minimum absolute atomic E-state index is 0.0873. The van der Waals surface area contributed by atoms with Crippen LogP contribution in [-0.4, -0.2) is 50.1 Å². The zero-order valence-corrected chi connectivity index (χ0v) is 17.0. The van der Waals surface area contributed by atoms with E-state index < -0.39 is 11.7 Å². The molecule has 1 fully saturated rings. The Kier molecular flexibility index (Phi) is 6.59. The molecule has 1 aliphatic heterocycles. The van der Waals surface area contributed by atoms with Crippen molar-refractivity contribution in [1.82, 2.24) is 10.2 Å². The standard InChI is InChI=1S/C21H22ClFN2O4/c1-28-17-7-6-13(12-18(17)29-2)20(26)24-14-8-10-25(11-9-14)21(27)19-15(22)4-3-5-16(19)23/h3-7,12,14H,8-11H2,1-2H3,(H,24,26). The van der Waals surface area contributed by atoms with Gasteiger partial charge in [-0.15, -0.1) is 0 Å². The van der Waals surface area contributed by atoms with Crippen molar-refractivity contribution in [2.24, 2.45) is 0 Å². The lowest BCUT2D eigenvalue weighted by Crippen LogP contribution is -2.46. The van der Waals surface area contributed by atoms with Crippen molar-refractivity contribution in [3.05, 3.63) is 58.4 Å². The summed E-state index contributed by atoms with van der Waals surface area (Å²) in [6.07, 6.45) is 1.13. The Hall–Kier alpha value is -2.80. The zero-order chi connectivity index (χ0) is 21.0. The van der Waals surface area contributed by atoms with E-state index in [1.54, 1.807) is 23.1 Å². The molecule has 6 nitrogen and oxygen atoms in total. The Morgan fingerprint density at radius 3 is 2.41 bits per heavy atom. The molecule has 1 saturated heterocycles. The molecule has 3 rings (SSSR count). The number of hydrogen-bond donors (Lipinski definition) is 1. The Morgan fingerprint density at radius 1 is 1.10 bits per heavy atom. The highest BCUT2D eigenvalue weighted by Gasteiger charge is 2.27. The quantitative estimate of drug-likeness (QED) is 0.803. The summed E-state index contributed by atoms with van der Waals surface area (Å²) in [5.74, 6) is -0.276. The molecule has 1 aliphatic rings. The fraction of sp³-hybridized carbons (Fsp3) is 0.333. The fourth-order valence-electron chi connectivity index (χ4n) is 3.33. The van der Waals surface area contributed by atoms with Crippen LogP contribution >= 0.6 is 11.6 Å². The molecule has 154 valence electrons. The van der Waals surface area contributed by atoms with Crippen LogP contribution in [0.4, 0.5) is 4.39 Å². The van der Waals surface area contributed by atoms with E-state index in [9.17, 15) is 14.0 Å². The van der Waals surface area contributed by atoms with Gasteiger partial charge in [-0.3, -0.25) is 9.59 Å². The SMILES string of the molecule is COc1ccc(C(=O)NC2CCN(C(=O)c3c(F)cccc3Cl)CC2)cc1OC. The van der Waals surface area contributed by atoms with E-state index in [1.807, 2.05) is 0 Å². The second kappa shape index (κ2) is 9.13. The first kappa shape index (κ1) is 20.9. The van der Waals surface area contributed by atoms with E-state index in [-0.39, 0.29) is 22.5 Å². The van der Waals surface area contributed by atoms with Crippen LogP contribution in [0.15, 0.2) is 36.4 Å². The third kappa shape index (κ3) is 4.62. The molecule has 29 heavy (non-hydrogen) atoms.